The Kier molecular flexibility index (Phi) is 7.12. The molecule has 2 aromatic heterocycles. The van der Waals surface area contributed by atoms with Crippen molar-refractivity contribution in [2.75, 3.05) is 18.9 Å². The number of tetrazole rings is 1. The third kappa shape index (κ3) is 5.04. The van der Waals surface area contributed by atoms with Crippen LogP contribution in [0.3, 0.4) is 0 Å². The normalized spacial score (nSPS) is 10.9. The summed E-state index contributed by atoms with van der Waals surface area (Å²) < 4.78 is 10.3. The molecule has 0 saturated heterocycles. The summed E-state index contributed by atoms with van der Waals surface area (Å²) in [6, 6.07) is 17.1. The third-order valence-corrected chi connectivity index (χ3v) is 6.11. The van der Waals surface area contributed by atoms with Gasteiger partial charge < -0.3 is 10.1 Å². The van der Waals surface area contributed by atoms with Crippen molar-refractivity contribution in [3.8, 4) is 17.1 Å². The van der Waals surface area contributed by atoms with Crippen molar-refractivity contribution in [2.45, 2.75) is 19.0 Å². The fraction of sp³-hybridized carbons (Fsp3) is 0.261. The molecule has 0 radical (unpaired) electrons. The van der Waals surface area contributed by atoms with Gasteiger partial charge in [-0.25, -0.2) is 4.68 Å². The topological polar surface area (TPSA) is 109 Å². The number of hydrogen-bond acceptors (Lipinski definition) is 7. The maximum atomic E-state index is 13.2. The first-order valence-corrected chi connectivity index (χ1v) is 11.7. The number of aryl methyl sites for hydroxylation is 1. The number of amides is 1. The Bertz CT molecular complexity index is 1340. The largest absolute Gasteiger partial charge is 0.492 e. The zero-order valence-electron chi connectivity index (χ0n) is 19.1. The monoisotopic (exact) mass is 479 g/mol. The molecule has 2 aromatic carbocycles. The van der Waals surface area contributed by atoms with Crippen LogP contribution in [0.5, 0.6) is 5.75 Å². The number of carbonyl (C=O) groups excluding carboxylic acids is 1. The van der Waals surface area contributed by atoms with Crippen molar-refractivity contribution in [1.29, 1.82) is 0 Å². The molecule has 0 unspecified atom stereocenters. The van der Waals surface area contributed by atoms with Crippen LogP contribution in [0.4, 0.5) is 0 Å². The fourth-order valence-corrected chi connectivity index (χ4v) is 4.16. The first kappa shape index (κ1) is 23.3. The van der Waals surface area contributed by atoms with Gasteiger partial charge in [-0.05, 0) is 54.1 Å². The van der Waals surface area contributed by atoms with Gasteiger partial charge in [0.05, 0.1) is 23.7 Å². The maximum absolute atomic E-state index is 13.2. The second-order valence-electron chi connectivity index (χ2n) is 7.59. The van der Waals surface area contributed by atoms with Crippen molar-refractivity contribution in [3.05, 3.63) is 76.2 Å². The lowest BCUT2D eigenvalue weighted by Crippen LogP contribution is -2.29. The van der Waals surface area contributed by atoms with Crippen molar-refractivity contribution in [1.82, 2.24) is 34.9 Å². The van der Waals surface area contributed by atoms with E-state index >= 15 is 0 Å². The average molecular weight is 480 g/mol. The van der Waals surface area contributed by atoms with E-state index in [1.54, 1.807) is 16.4 Å². The Labute approximate surface area is 200 Å². The lowest BCUT2D eigenvalue weighted by atomic mass is 10.2. The zero-order chi connectivity index (χ0) is 24.1. The number of hydrogen-bond donors (Lipinski definition) is 1. The molecule has 0 atom stereocenters. The molecule has 34 heavy (non-hydrogen) atoms. The molecule has 10 nitrogen and oxygen atoms in total. The number of nitrogens with one attached hydrogen (secondary N) is 1. The fourth-order valence-electron chi connectivity index (χ4n) is 3.45. The molecule has 0 saturated carbocycles. The van der Waals surface area contributed by atoms with Gasteiger partial charge >= 0.3 is 0 Å². The van der Waals surface area contributed by atoms with Crippen LogP contribution < -0.4 is 15.6 Å². The number of ether oxygens (including phenoxy) is 1. The second-order valence-corrected chi connectivity index (χ2v) is 8.53. The van der Waals surface area contributed by atoms with Gasteiger partial charge in [0.2, 0.25) is 11.1 Å². The number of thioether (sulfide) groups is 1. The second kappa shape index (κ2) is 10.4. The predicted molar refractivity (Wildman–Crippen MR) is 129 cm³/mol. The van der Waals surface area contributed by atoms with Gasteiger partial charge in [0, 0.05) is 7.05 Å². The van der Waals surface area contributed by atoms with Crippen LogP contribution in [-0.2, 0) is 11.8 Å². The van der Waals surface area contributed by atoms with Gasteiger partial charge in [0.15, 0.2) is 5.69 Å². The summed E-state index contributed by atoms with van der Waals surface area (Å²) in [6.45, 7) is 4.55. The van der Waals surface area contributed by atoms with Crippen LogP contribution in [0.15, 0.2) is 64.5 Å². The summed E-state index contributed by atoms with van der Waals surface area (Å²) in [4.78, 5) is 25.5. The van der Waals surface area contributed by atoms with Crippen molar-refractivity contribution in [2.24, 2.45) is 7.05 Å². The molecule has 1 amide bonds. The van der Waals surface area contributed by atoms with Crippen LogP contribution in [-0.4, -0.2) is 54.4 Å². The van der Waals surface area contributed by atoms with Crippen LogP contribution >= 0.6 is 11.8 Å². The van der Waals surface area contributed by atoms with Crippen LogP contribution in [0.2, 0.25) is 0 Å². The van der Waals surface area contributed by atoms with E-state index in [1.807, 2.05) is 68.4 Å². The van der Waals surface area contributed by atoms with Crippen LogP contribution in [0.25, 0.3) is 11.4 Å². The highest BCUT2D eigenvalue weighted by Gasteiger charge is 2.22. The minimum absolute atomic E-state index is 0.101. The molecule has 0 bridgehead atoms. The van der Waals surface area contributed by atoms with E-state index < -0.39 is 0 Å². The highest BCUT2D eigenvalue weighted by atomic mass is 32.2. The van der Waals surface area contributed by atoms with E-state index in [0.717, 1.165) is 28.8 Å². The van der Waals surface area contributed by atoms with Crippen molar-refractivity contribution in [3.63, 3.8) is 0 Å². The summed E-state index contributed by atoms with van der Waals surface area (Å²) in [5.41, 5.74) is 2.63. The van der Waals surface area contributed by atoms with Gasteiger partial charge in [-0.1, -0.05) is 42.1 Å². The van der Waals surface area contributed by atoms with E-state index in [-0.39, 0.29) is 17.2 Å². The Balaban J connectivity index is 1.39. The molecular formula is C23H25N7O3S. The first-order chi connectivity index (χ1) is 16.5. The number of para-hydroxylation sites is 1. The van der Waals surface area contributed by atoms with Gasteiger partial charge in [0.25, 0.3) is 5.56 Å². The van der Waals surface area contributed by atoms with Crippen molar-refractivity contribution >= 4 is 17.7 Å². The molecule has 11 heteroatoms. The van der Waals surface area contributed by atoms with Gasteiger partial charge in [-0.2, -0.15) is 4.68 Å². The summed E-state index contributed by atoms with van der Waals surface area (Å²) in [6.07, 6.45) is 0. The first-order valence-electron chi connectivity index (χ1n) is 10.7. The van der Waals surface area contributed by atoms with Crippen LogP contribution in [0.1, 0.15) is 11.3 Å². The molecule has 0 fully saturated rings. The van der Waals surface area contributed by atoms with E-state index in [4.69, 9.17) is 4.74 Å². The van der Waals surface area contributed by atoms with Crippen LogP contribution in [0, 0.1) is 13.8 Å². The number of rotatable bonds is 9. The summed E-state index contributed by atoms with van der Waals surface area (Å²) in [7, 11) is 1.80. The van der Waals surface area contributed by atoms with Crippen molar-refractivity contribution < 1.29 is 9.53 Å². The summed E-state index contributed by atoms with van der Waals surface area (Å²) in [5.74, 6) is 0.685. The number of carbonyl (C=O) groups is 1. The lowest BCUT2D eigenvalue weighted by Gasteiger charge is -2.08. The number of aromatic nitrogens is 6. The Morgan fingerprint density at radius 3 is 2.68 bits per heavy atom. The molecule has 0 aliphatic heterocycles. The van der Waals surface area contributed by atoms with E-state index in [0.29, 0.717) is 29.7 Å². The molecule has 4 rings (SSSR count). The molecule has 1 N–H and O–H groups in total. The summed E-state index contributed by atoms with van der Waals surface area (Å²) in [5, 5.41) is 14.9. The summed E-state index contributed by atoms with van der Waals surface area (Å²) >= 11 is 1.16. The molecule has 2 heterocycles. The minimum atomic E-state index is -0.252. The standard InChI is InChI=1S/C23H25N7O3S/c1-16-8-7-11-19(14-16)33-13-12-24-20(31)15-34-23-25-26-27-29(23)21-17(2)28(3)30(22(21)32)18-9-5-4-6-10-18/h4-11,14H,12-13,15H2,1-3H3,(H,24,31). The maximum Gasteiger partial charge on any atom is 0.297 e. The SMILES string of the molecule is Cc1cccc(OCCNC(=O)CSc2nnnn2-c2c(C)n(C)n(-c3ccccc3)c2=O)c1. The molecule has 0 aliphatic carbocycles. The minimum Gasteiger partial charge on any atom is -0.492 e. The lowest BCUT2D eigenvalue weighted by molar-refractivity contribution is -0.118. The number of benzene rings is 2. The highest BCUT2D eigenvalue weighted by Crippen LogP contribution is 2.19. The molecular weight excluding hydrogens is 454 g/mol. The molecule has 4 aromatic rings. The zero-order valence-corrected chi connectivity index (χ0v) is 20.0. The van der Waals surface area contributed by atoms with E-state index in [2.05, 4.69) is 20.8 Å². The highest BCUT2D eigenvalue weighted by molar-refractivity contribution is 7.99. The molecule has 176 valence electrons. The van der Waals surface area contributed by atoms with Gasteiger partial charge in [0.1, 0.15) is 12.4 Å². The van der Waals surface area contributed by atoms with Gasteiger partial charge in [-0.15, -0.1) is 5.10 Å². The Morgan fingerprint density at radius 1 is 1.12 bits per heavy atom. The Hall–Kier alpha value is -3.86. The molecule has 0 aliphatic rings. The van der Waals surface area contributed by atoms with E-state index in [9.17, 15) is 9.59 Å². The molecule has 0 spiro atoms. The predicted octanol–water partition coefficient (Wildman–Crippen LogP) is 2.06. The van der Waals surface area contributed by atoms with Gasteiger partial charge in [-0.3, -0.25) is 14.3 Å². The smallest absolute Gasteiger partial charge is 0.297 e. The van der Waals surface area contributed by atoms with E-state index in [1.165, 1.54) is 4.68 Å². The third-order valence-electron chi connectivity index (χ3n) is 5.19. The quantitative estimate of drug-likeness (QED) is 0.289. The number of nitrogens with zero attached hydrogens (tertiary/aromatic N) is 6. The Morgan fingerprint density at radius 2 is 1.91 bits per heavy atom. The average Bonchev–Trinajstić information content (AvgIpc) is 3.37.